The van der Waals surface area contributed by atoms with Crippen molar-refractivity contribution in [1.82, 2.24) is 15.3 Å². The molecule has 3 aliphatic carbocycles. The maximum Gasteiger partial charge on any atom is 0.481 e. The number of nitrogens with zero attached hydrogens (tertiary/aromatic N) is 2. The van der Waals surface area contributed by atoms with Crippen molar-refractivity contribution in [3.8, 4) is 0 Å². The molecule has 2 aromatic rings. The van der Waals surface area contributed by atoms with Crippen LogP contribution in [-0.2, 0) is 20.5 Å². The minimum absolute atomic E-state index is 0.0502. The van der Waals surface area contributed by atoms with Gasteiger partial charge in [0.2, 0.25) is 5.91 Å². The fourth-order valence-electron chi connectivity index (χ4n) is 7.05. The lowest BCUT2D eigenvalue weighted by Crippen LogP contribution is -2.65. The molecule has 0 radical (unpaired) electrons. The topological polar surface area (TPSA) is 90.4 Å². The van der Waals surface area contributed by atoms with E-state index in [0.717, 1.165) is 18.4 Å². The molecule has 4 aliphatic rings. The molecule has 8 heteroatoms. The van der Waals surface area contributed by atoms with Crippen LogP contribution in [-0.4, -0.2) is 46.4 Å². The van der Waals surface area contributed by atoms with Gasteiger partial charge in [0, 0.05) is 24.7 Å². The lowest BCUT2D eigenvalue weighted by Gasteiger charge is -2.64. The summed E-state index contributed by atoms with van der Waals surface area (Å²) in [5.74, 6) is 0.254. The number of nitrogens with one attached hydrogen (secondary N) is 1. The smallest absolute Gasteiger partial charge is 0.404 e. The van der Waals surface area contributed by atoms with Crippen LogP contribution in [0, 0.1) is 29.1 Å². The van der Waals surface area contributed by atoms with Crippen LogP contribution in [0.5, 0.6) is 0 Å². The second kappa shape index (κ2) is 10.5. The first kappa shape index (κ1) is 27.0. The van der Waals surface area contributed by atoms with E-state index < -0.39 is 13.0 Å². The largest absolute Gasteiger partial charge is 0.481 e. The molecule has 4 fully saturated rings. The highest BCUT2D eigenvalue weighted by atomic mass is 16.7. The van der Waals surface area contributed by atoms with Crippen LogP contribution in [0.4, 0.5) is 0 Å². The Bertz CT molecular complexity index is 1140. The number of Topliss-reactive ketones (excluding diaryl/α,β-unsaturated/α-hetero) is 1. The van der Waals surface area contributed by atoms with Gasteiger partial charge in [0.25, 0.3) is 0 Å². The number of amides is 1. The predicted molar refractivity (Wildman–Crippen MR) is 146 cm³/mol. The summed E-state index contributed by atoms with van der Waals surface area (Å²) >= 11 is 0. The molecule has 7 nitrogen and oxygen atoms in total. The molecule has 6 rings (SSSR count). The summed E-state index contributed by atoms with van der Waals surface area (Å²) in [5, 5.41) is 3.27. The van der Waals surface area contributed by atoms with Crippen molar-refractivity contribution in [3.05, 3.63) is 60.2 Å². The Kier molecular flexibility index (Phi) is 7.49. The average molecular weight is 517 g/mol. The number of carbonyl (C=O) groups excluding carboxylic acids is 2. The molecular formula is C30H40BN3O4. The highest BCUT2D eigenvalue weighted by molar-refractivity contribution is 6.47. The van der Waals surface area contributed by atoms with Crippen molar-refractivity contribution >= 4 is 18.8 Å². The van der Waals surface area contributed by atoms with Crippen LogP contribution in [0.15, 0.2) is 48.9 Å². The molecule has 1 aliphatic heterocycles. The molecule has 6 atom stereocenters. The van der Waals surface area contributed by atoms with Gasteiger partial charge < -0.3 is 14.6 Å². The molecule has 202 valence electrons. The van der Waals surface area contributed by atoms with Crippen LogP contribution < -0.4 is 5.32 Å². The number of rotatable bonds is 10. The molecule has 1 saturated heterocycles. The lowest BCUT2D eigenvalue weighted by atomic mass is 9.43. The number of carbonyl (C=O) groups is 2. The first-order chi connectivity index (χ1) is 18.1. The fraction of sp³-hybridized carbons (Fsp3) is 0.600. The number of ketones is 1. The van der Waals surface area contributed by atoms with Gasteiger partial charge in [0.1, 0.15) is 5.69 Å². The molecule has 1 amide bonds. The van der Waals surface area contributed by atoms with E-state index in [4.69, 9.17) is 9.31 Å². The van der Waals surface area contributed by atoms with Gasteiger partial charge in [-0.25, -0.2) is 4.98 Å². The number of aromatic nitrogens is 2. The van der Waals surface area contributed by atoms with Crippen molar-refractivity contribution in [2.24, 2.45) is 29.1 Å². The SMILES string of the molecule is CC(C)C[C@H](NC(=O)C(CC(=O)c1cnccn1)Cc1ccccc1)B1OC2CC3C[C@@H](C3(C)C)[C@]2(C)O1. The molecular weight excluding hydrogens is 477 g/mol. The molecule has 3 saturated carbocycles. The Hall–Kier alpha value is -2.58. The summed E-state index contributed by atoms with van der Waals surface area (Å²) in [6.07, 6.45) is 7.96. The minimum atomic E-state index is -0.549. The Morgan fingerprint density at radius 3 is 2.55 bits per heavy atom. The standard InChI is InChI=1S/C30H40BN3O4/c1-19(2)13-27(31-37-26-17-22-16-25(29(22,3)4)30(26,5)38-31)34-28(36)21(14-20-9-7-6-8-10-20)15-24(35)23-18-32-11-12-33-23/h6-12,18-19,21-22,25-27H,13-17H2,1-5H3,(H,34,36)/t21?,22?,25-,26?,27-,30-/m0/s1. The zero-order valence-electron chi connectivity index (χ0n) is 23.2. The third-order valence-electron chi connectivity index (χ3n) is 9.33. The molecule has 3 unspecified atom stereocenters. The van der Waals surface area contributed by atoms with E-state index in [9.17, 15) is 9.59 Å². The average Bonchev–Trinajstić information content (AvgIpc) is 3.26. The van der Waals surface area contributed by atoms with Crippen molar-refractivity contribution < 1.29 is 18.9 Å². The second-order valence-corrected chi connectivity index (χ2v) is 12.7. The maximum absolute atomic E-state index is 13.8. The Balaban J connectivity index is 1.34. The van der Waals surface area contributed by atoms with Crippen molar-refractivity contribution in [3.63, 3.8) is 0 Å². The molecule has 1 aromatic carbocycles. The van der Waals surface area contributed by atoms with Gasteiger partial charge in [-0.2, -0.15) is 0 Å². The van der Waals surface area contributed by atoms with Crippen LogP contribution >= 0.6 is 0 Å². The van der Waals surface area contributed by atoms with Crippen molar-refractivity contribution in [2.45, 2.75) is 84.4 Å². The summed E-state index contributed by atoms with van der Waals surface area (Å²) in [5.41, 5.74) is 1.20. The quantitative estimate of drug-likeness (QED) is 0.363. The van der Waals surface area contributed by atoms with Gasteiger partial charge in [-0.05, 0) is 61.3 Å². The summed E-state index contributed by atoms with van der Waals surface area (Å²) in [7, 11) is -0.500. The van der Waals surface area contributed by atoms with Crippen LogP contribution in [0.25, 0.3) is 0 Å². The van der Waals surface area contributed by atoms with E-state index in [0.29, 0.717) is 24.2 Å². The summed E-state index contributed by atoms with van der Waals surface area (Å²) < 4.78 is 13.3. The van der Waals surface area contributed by atoms with Crippen molar-refractivity contribution in [2.75, 3.05) is 0 Å². The summed E-state index contributed by atoms with van der Waals surface area (Å²) in [6, 6.07) is 9.82. The highest BCUT2D eigenvalue weighted by Gasteiger charge is 2.68. The monoisotopic (exact) mass is 517 g/mol. The lowest BCUT2D eigenvalue weighted by molar-refractivity contribution is -0.199. The van der Waals surface area contributed by atoms with Crippen LogP contribution in [0.2, 0.25) is 0 Å². The zero-order chi connectivity index (χ0) is 27.1. The van der Waals surface area contributed by atoms with Gasteiger partial charge >= 0.3 is 7.12 Å². The molecule has 2 bridgehead atoms. The van der Waals surface area contributed by atoms with E-state index in [2.05, 4.69) is 49.9 Å². The molecule has 2 heterocycles. The molecule has 0 spiro atoms. The van der Waals surface area contributed by atoms with E-state index in [-0.39, 0.29) is 46.9 Å². The number of hydrogen-bond donors (Lipinski definition) is 1. The van der Waals surface area contributed by atoms with E-state index in [1.165, 1.54) is 25.0 Å². The Morgan fingerprint density at radius 1 is 1.13 bits per heavy atom. The van der Waals surface area contributed by atoms with Gasteiger partial charge in [0.05, 0.1) is 23.8 Å². The van der Waals surface area contributed by atoms with E-state index >= 15 is 0 Å². The zero-order valence-corrected chi connectivity index (χ0v) is 23.2. The van der Waals surface area contributed by atoms with Crippen molar-refractivity contribution in [1.29, 1.82) is 0 Å². The van der Waals surface area contributed by atoms with Gasteiger partial charge in [-0.1, -0.05) is 58.0 Å². The molecule has 1 aromatic heterocycles. The maximum atomic E-state index is 13.8. The van der Waals surface area contributed by atoms with Gasteiger partial charge in [0.15, 0.2) is 5.78 Å². The summed E-state index contributed by atoms with van der Waals surface area (Å²) in [6.45, 7) is 11.2. The normalized spacial score (nSPS) is 28.8. The van der Waals surface area contributed by atoms with Gasteiger partial charge in [-0.3, -0.25) is 14.6 Å². The third-order valence-corrected chi connectivity index (χ3v) is 9.33. The van der Waals surface area contributed by atoms with E-state index in [1.54, 1.807) is 0 Å². The van der Waals surface area contributed by atoms with Gasteiger partial charge in [-0.15, -0.1) is 0 Å². The highest BCUT2D eigenvalue weighted by Crippen LogP contribution is 2.65. The first-order valence-corrected chi connectivity index (χ1v) is 14.0. The number of benzene rings is 1. The van der Waals surface area contributed by atoms with Crippen LogP contribution in [0.1, 0.15) is 76.4 Å². The van der Waals surface area contributed by atoms with Crippen LogP contribution in [0.3, 0.4) is 0 Å². The number of hydrogen-bond acceptors (Lipinski definition) is 6. The minimum Gasteiger partial charge on any atom is -0.404 e. The fourth-order valence-corrected chi connectivity index (χ4v) is 7.05. The molecule has 38 heavy (non-hydrogen) atoms. The first-order valence-electron chi connectivity index (χ1n) is 14.0. The summed E-state index contributed by atoms with van der Waals surface area (Å²) in [4.78, 5) is 35.0. The molecule has 1 N–H and O–H groups in total. The Morgan fingerprint density at radius 2 is 1.89 bits per heavy atom. The Labute approximate surface area is 226 Å². The predicted octanol–water partition coefficient (Wildman–Crippen LogP) is 4.71. The third kappa shape index (κ3) is 5.17. The van der Waals surface area contributed by atoms with E-state index in [1.807, 2.05) is 30.3 Å². The second-order valence-electron chi connectivity index (χ2n) is 12.7.